The third kappa shape index (κ3) is 5.68. The number of hydrogen-bond acceptors (Lipinski definition) is 4. The van der Waals surface area contributed by atoms with E-state index in [1.54, 1.807) is 18.2 Å². The first-order valence-electron chi connectivity index (χ1n) is 10.1. The molecular weight excluding hydrogens is 380 g/mol. The van der Waals surface area contributed by atoms with Gasteiger partial charge in [-0.2, -0.15) is 0 Å². The van der Waals surface area contributed by atoms with Gasteiger partial charge in [-0.25, -0.2) is 4.79 Å². The number of fused-ring (bicyclic) bond motifs is 1. The first kappa shape index (κ1) is 21.5. The molecule has 7 heteroatoms. The Kier molecular flexibility index (Phi) is 7.21. The zero-order valence-electron chi connectivity index (χ0n) is 17.1. The molecule has 0 saturated carbocycles. The summed E-state index contributed by atoms with van der Waals surface area (Å²) in [4.78, 5) is 28.7. The molecular formula is C23H28N4O3. The van der Waals surface area contributed by atoms with Crippen molar-refractivity contribution in [2.75, 3.05) is 26.7 Å². The molecule has 0 fully saturated rings. The number of aromatic amines is 1. The van der Waals surface area contributed by atoms with Crippen LogP contribution in [0, 0.1) is 0 Å². The van der Waals surface area contributed by atoms with E-state index in [1.807, 2.05) is 7.05 Å². The summed E-state index contributed by atoms with van der Waals surface area (Å²) in [7, 11) is 2.04. The van der Waals surface area contributed by atoms with Gasteiger partial charge >= 0.3 is 5.97 Å². The highest BCUT2D eigenvalue weighted by Crippen LogP contribution is 2.17. The fourth-order valence-electron chi connectivity index (χ4n) is 3.35. The van der Waals surface area contributed by atoms with E-state index in [1.165, 1.54) is 11.6 Å². The maximum Gasteiger partial charge on any atom is 0.335 e. The van der Waals surface area contributed by atoms with Crippen molar-refractivity contribution in [2.45, 2.75) is 19.4 Å². The number of nitrogens with zero attached hydrogens (tertiary/aromatic N) is 1. The van der Waals surface area contributed by atoms with Crippen molar-refractivity contribution in [3.05, 3.63) is 70.9 Å². The lowest BCUT2D eigenvalue weighted by molar-refractivity contribution is 0.0696. The van der Waals surface area contributed by atoms with Gasteiger partial charge in [0.2, 0.25) is 0 Å². The van der Waals surface area contributed by atoms with E-state index in [0.29, 0.717) is 24.2 Å². The van der Waals surface area contributed by atoms with Crippen LogP contribution >= 0.6 is 0 Å². The van der Waals surface area contributed by atoms with Crippen LogP contribution in [0.15, 0.2) is 48.5 Å². The van der Waals surface area contributed by atoms with Crippen LogP contribution in [0.3, 0.4) is 0 Å². The Bertz CT molecular complexity index is 1010. The predicted octanol–water partition coefficient (Wildman–Crippen LogP) is 2.62. The van der Waals surface area contributed by atoms with Crippen LogP contribution < -0.4 is 11.1 Å². The van der Waals surface area contributed by atoms with Gasteiger partial charge in [0, 0.05) is 30.5 Å². The lowest BCUT2D eigenvalue weighted by atomic mass is 10.1. The number of nitrogens with one attached hydrogen (secondary N) is 2. The molecule has 0 radical (unpaired) electrons. The number of aromatic nitrogens is 1. The first-order chi connectivity index (χ1) is 14.5. The third-order valence-electron chi connectivity index (χ3n) is 5.16. The number of amides is 1. The molecule has 30 heavy (non-hydrogen) atoms. The molecule has 1 aromatic heterocycles. The first-order valence-corrected chi connectivity index (χ1v) is 10.1. The van der Waals surface area contributed by atoms with Gasteiger partial charge in [-0.15, -0.1) is 0 Å². The number of carboxylic acids is 1. The van der Waals surface area contributed by atoms with Gasteiger partial charge in [-0.3, -0.25) is 4.79 Å². The molecule has 3 rings (SSSR count). The van der Waals surface area contributed by atoms with E-state index >= 15 is 0 Å². The average Bonchev–Trinajstić information content (AvgIpc) is 3.17. The number of aromatic carboxylic acids is 1. The molecule has 2 aromatic carbocycles. The van der Waals surface area contributed by atoms with Crippen molar-refractivity contribution in [3.63, 3.8) is 0 Å². The number of carboxylic acid groups (broad SMARTS) is 1. The Labute approximate surface area is 175 Å². The van der Waals surface area contributed by atoms with Crippen LogP contribution in [-0.2, 0) is 13.0 Å². The second-order valence-corrected chi connectivity index (χ2v) is 7.47. The summed E-state index contributed by atoms with van der Waals surface area (Å²) in [6, 6.07) is 14.8. The highest BCUT2D eigenvalue weighted by atomic mass is 16.4. The molecule has 3 aromatic rings. The standard InChI is InChI=1S/C23H28N4O3/c1-27(11-2-3-16-4-6-17(15-24)7-5-16)12-10-25-22(28)21-14-19-13-18(23(29)30)8-9-20(19)26-21/h4-9,13-14,26H,2-3,10-12,15,24H2,1H3,(H,25,28)(H,29,30). The number of H-pyrrole nitrogens is 1. The molecule has 0 unspecified atom stereocenters. The largest absolute Gasteiger partial charge is 0.478 e. The van der Waals surface area contributed by atoms with Crippen molar-refractivity contribution in [1.29, 1.82) is 0 Å². The molecule has 5 N–H and O–H groups in total. The molecule has 158 valence electrons. The van der Waals surface area contributed by atoms with Crippen LogP contribution in [0.4, 0.5) is 0 Å². The zero-order chi connectivity index (χ0) is 21.5. The molecule has 0 bridgehead atoms. The Balaban J connectivity index is 1.41. The lowest BCUT2D eigenvalue weighted by Gasteiger charge is -2.16. The molecule has 0 aliphatic carbocycles. The van der Waals surface area contributed by atoms with E-state index in [-0.39, 0.29) is 11.5 Å². The minimum atomic E-state index is -0.986. The molecule has 0 aliphatic heterocycles. The monoisotopic (exact) mass is 408 g/mol. The fraction of sp³-hybridized carbons (Fsp3) is 0.304. The summed E-state index contributed by atoms with van der Waals surface area (Å²) in [6.45, 7) is 2.80. The van der Waals surface area contributed by atoms with E-state index in [4.69, 9.17) is 10.8 Å². The summed E-state index contributed by atoms with van der Waals surface area (Å²) >= 11 is 0. The summed E-state index contributed by atoms with van der Waals surface area (Å²) in [5.74, 6) is -1.18. The number of aryl methyl sites for hydroxylation is 1. The van der Waals surface area contributed by atoms with Gasteiger partial charge in [0.1, 0.15) is 5.69 Å². The van der Waals surface area contributed by atoms with Crippen LogP contribution in [0.5, 0.6) is 0 Å². The predicted molar refractivity (Wildman–Crippen MR) is 118 cm³/mol. The molecule has 1 heterocycles. The summed E-state index contributed by atoms with van der Waals surface area (Å²) in [5, 5.41) is 12.7. The van der Waals surface area contributed by atoms with Crippen molar-refractivity contribution < 1.29 is 14.7 Å². The average molecular weight is 409 g/mol. The lowest BCUT2D eigenvalue weighted by Crippen LogP contribution is -2.33. The fourth-order valence-corrected chi connectivity index (χ4v) is 3.35. The van der Waals surface area contributed by atoms with Crippen molar-refractivity contribution in [1.82, 2.24) is 15.2 Å². The van der Waals surface area contributed by atoms with Crippen LogP contribution in [0.2, 0.25) is 0 Å². The molecule has 0 spiro atoms. The summed E-state index contributed by atoms with van der Waals surface area (Å²) < 4.78 is 0. The number of carbonyl (C=O) groups excluding carboxylic acids is 1. The Hall–Kier alpha value is -3.16. The van der Waals surface area contributed by atoms with Crippen LogP contribution in [0.1, 0.15) is 38.4 Å². The van der Waals surface area contributed by atoms with Crippen molar-refractivity contribution in [2.24, 2.45) is 5.73 Å². The Morgan fingerprint density at radius 3 is 2.50 bits per heavy atom. The minimum absolute atomic E-state index is 0.198. The summed E-state index contributed by atoms with van der Waals surface area (Å²) in [6.07, 6.45) is 2.05. The number of benzene rings is 2. The zero-order valence-corrected chi connectivity index (χ0v) is 17.1. The number of carbonyl (C=O) groups is 2. The van der Waals surface area contributed by atoms with Crippen molar-refractivity contribution >= 4 is 22.8 Å². The van der Waals surface area contributed by atoms with E-state index in [2.05, 4.69) is 39.5 Å². The van der Waals surface area contributed by atoms with Gasteiger partial charge in [0.25, 0.3) is 5.91 Å². The van der Waals surface area contributed by atoms with Crippen LogP contribution in [-0.4, -0.2) is 53.5 Å². The highest BCUT2D eigenvalue weighted by Gasteiger charge is 2.11. The number of likely N-dealkylation sites (N-methyl/N-ethyl adjacent to an activating group) is 1. The highest BCUT2D eigenvalue weighted by molar-refractivity contribution is 6.00. The molecule has 7 nitrogen and oxygen atoms in total. The second-order valence-electron chi connectivity index (χ2n) is 7.47. The summed E-state index contributed by atoms with van der Waals surface area (Å²) in [5.41, 5.74) is 9.43. The van der Waals surface area contributed by atoms with Gasteiger partial charge in [-0.1, -0.05) is 24.3 Å². The topological polar surface area (TPSA) is 111 Å². The SMILES string of the molecule is CN(CCCc1ccc(CN)cc1)CCNC(=O)c1cc2cc(C(=O)O)ccc2[nH]1. The number of rotatable bonds is 10. The molecule has 0 saturated heterocycles. The van der Waals surface area contributed by atoms with Gasteiger partial charge in [-0.05, 0) is 61.8 Å². The number of hydrogen-bond donors (Lipinski definition) is 4. The van der Waals surface area contributed by atoms with E-state index < -0.39 is 5.97 Å². The van der Waals surface area contributed by atoms with Crippen LogP contribution in [0.25, 0.3) is 10.9 Å². The van der Waals surface area contributed by atoms with E-state index in [9.17, 15) is 9.59 Å². The maximum atomic E-state index is 12.4. The number of nitrogens with two attached hydrogens (primary N) is 1. The molecule has 1 amide bonds. The Morgan fingerprint density at radius 1 is 1.07 bits per heavy atom. The normalized spacial score (nSPS) is 11.2. The smallest absolute Gasteiger partial charge is 0.335 e. The maximum absolute atomic E-state index is 12.4. The van der Waals surface area contributed by atoms with Gasteiger partial charge in [0.05, 0.1) is 5.56 Å². The third-order valence-corrected chi connectivity index (χ3v) is 5.16. The quantitative estimate of drug-likeness (QED) is 0.412. The second kappa shape index (κ2) is 10.0. The molecule has 0 atom stereocenters. The van der Waals surface area contributed by atoms with E-state index in [0.717, 1.165) is 37.0 Å². The molecule has 0 aliphatic rings. The minimum Gasteiger partial charge on any atom is -0.478 e. The van der Waals surface area contributed by atoms with Gasteiger partial charge in [0.15, 0.2) is 0 Å². The Morgan fingerprint density at radius 2 is 1.80 bits per heavy atom. The van der Waals surface area contributed by atoms with Crippen molar-refractivity contribution in [3.8, 4) is 0 Å². The van der Waals surface area contributed by atoms with Gasteiger partial charge < -0.3 is 26.0 Å².